The highest BCUT2D eigenvalue weighted by atomic mass is 32.2. The molecule has 2 heterocycles. The standard InChI is InChI=1S/C15H22N2OS/c1-10-14(6-7-18-10)19-15-12(9-16)8-11-4-2-3-5-13(11)17-15/h8,10,14H,2-7,9,16H2,1H3. The smallest absolute Gasteiger partial charge is 0.101 e. The number of fused-ring (bicyclic) bond motifs is 1. The van der Waals surface area contributed by atoms with Gasteiger partial charge in [-0.1, -0.05) is 17.8 Å². The molecular weight excluding hydrogens is 256 g/mol. The maximum atomic E-state index is 5.91. The van der Waals surface area contributed by atoms with E-state index in [-0.39, 0.29) is 0 Å². The molecule has 0 saturated carbocycles. The molecule has 1 aromatic rings. The highest BCUT2D eigenvalue weighted by Gasteiger charge is 2.27. The van der Waals surface area contributed by atoms with Crippen LogP contribution in [0.15, 0.2) is 11.1 Å². The molecule has 1 fully saturated rings. The summed E-state index contributed by atoms with van der Waals surface area (Å²) in [5.74, 6) is 0. The molecule has 19 heavy (non-hydrogen) atoms. The van der Waals surface area contributed by atoms with Gasteiger partial charge in [0.1, 0.15) is 5.03 Å². The molecule has 3 nitrogen and oxygen atoms in total. The summed E-state index contributed by atoms with van der Waals surface area (Å²) >= 11 is 1.87. The number of hydrogen-bond donors (Lipinski definition) is 1. The molecule has 2 aliphatic rings. The van der Waals surface area contributed by atoms with Gasteiger partial charge in [-0.3, -0.25) is 0 Å². The Balaban J connectivity index is 1.86. The highest BCUT2D eigenvalue weighted by molar-refractivity contribution is 8.00. The number of rotatable bonds is 3. The Hall–Kier alpha value is -0.580. The molecular formula is C15H22N2OS. The van der Waals surface area contributed by atoms with Crippen LogP contribution in [0.1, 0.15) is 43.0 Å². The van der Waals surface area contributed by atoms with Crippen LogP contribution in [-0.4, -0.2) is 22.9 Å². The first-order valence-corrected chi connectivity index (χ1v) is 8.16. The maximum Gasteiger partial charge on any atom is 0.101 e. The Kier molecular flexibility index (Phi) is 4.10. The third-order valence-corrected chi connectivity index (χ3v) is 5.63. The first-order valence-electron chi connectivity index (χ1n) is 7.28. The molecule has 2 N–H and O–H groups in total. The number of aromatic nitrogens is 1. The van der Waals surface area contributed by atoms with Crippen molar-refractivity contribution in [3.05, 3.63) is 22.9 Å². The molecule has 1 aromatic heterocycles. The second-order valence-electron chi connectivity index (χ2n) is 5.49. The van der Waals surface area contributed by atoms with Gasteiger partial charge in [0.05, 0.1) is 6.10 Å². The Morgan fingerprint density at radius 3 is 3.00 bits per heavy atom. The van der Waals surface area contributed by atoms with Gasteiger partial charge in [-0.2, -0.15) is 0 Å². The van der Waals surface area contributed by atoms with Crippen molar-refractivity contribution in [2.24, 2.45) is 5.73 Å². The third-order valence-electron chi connectivity index (χ3n) is 4.13. The van der Waals surface area contributed by atoms with E-state index >= 15 is 0 Å². The average Bonchev–Trinajstić information content (AvgIpc) is 2.83. The fourth-order valence-corrected chi connectivity index (χ4v) is 4.15. The number of hydrogen-bond acceptors (Lipinski definition) is 4. The van der Waals surface area contributed by atoms with E-state index in [0.29, 0.717) is 17.9 Å². The quantitative estimate of drug-likeness (QED) is 0.923. The van der Waals surface area contributed by atoms with Crippen molar-refractivity contribution in [3.8, 4) is 0 Å². The van der Waals surface area contributed by atoms with Crippen LogP contribution in [0.3, 0.4) is 0 Å². The maximum absolute atomic E-state index is 5.91. The fraction of sp³-hybridized carbons (Fsp3) is 0.667. The van der Waals surface area contributed by atoms with Crippen molar-refractivity contribution in [1.29, 1.82) is 0 Å². The zero-order valence-electron chi connectivity index (χ0n) is 11.5. The largest absolute Gasteiger partial charge is 0.377 e. The molecule has 1 aliphatic carbocycles. The van der Waals surface area contributed by atoms with Crippen molar-refractivity contribution >= 4 is 11.8 Å². The van der Waals surface area contributed by atoms with E-state index in [9.17, 15) is 0 Å². The molecule has 0 aromatic carbocycles. The fourth-order valence-electron chi connectivity index (χ4n) is 2.92. The van der Waals surface area contributed by atoms with Gasteiger partial charge in [0.2, 0.25) is 0 Å². The van der Waals surface area contributed by atoms with Gasteiger partial charge in [-0.15, -0.1) is 0 Å². The molecule has 0 amide bonds. The van der Waals surface area contributed by atoms with E-state index in [2.05, 4.69) is 13.0 Å². The summed E-state index contributed by atoms with van der Waals surface area (Å²) in [5.41, 5.74) is 9.85. The number of thioether (sulfide) groups is 1. The Morgan fingerprint density at radius 2 is 2.26 bits per heavy atom. The van der Waals surface area contributed by atoms with Crippen LogP contribution in [0, 0.1) is 0 Å². The molecule has 0 radical (unpaired) electrons. The van der Waals surface area contributed by atoms with Gasteiger partial charge in [-0.05, 0) is 50.2 Å². The number of nitrogens with zero attached hydrogens (tertiary/aromatic N) is 1. The molecule has 4 heteroatoms. The first-order chi connectivity index (χ1) is 9.28. The Morgan fingerprint density at radius 1 is 1.42 bits per heavy atom. The van der Waals surface area contributed by atoms with E-state index < -0.39 is 0 Å². The van der Waals surface area contributed by atoms with Crippen molar-refractivity contribution in [3.63, 3.8) is 0 Å². The predicted octanol–water partition coefficient (Wildman–Crippen LogP) is 2.69. The van der Waals surface area contributed by atoms with E-state index in [0.717, 1.165) is 24.5 Å². The van der Waals surface area contributed by atoms with Crippen molar-refractivity contribution in [2.45, 2.75) is 62.0 Å². The van der Waals surface area contributed by atoms with Gasteiger partial charge in [-0.25, -0.2) is 4.98 Å². The number of nitrogens with two attached hydrogens (primary N) is 1. The number of aryl methyl sites for hydroxylation is 2. The van der Waals surface area contributed by atoms with Crippen molar-refractivity contribution < 1.29 is 4.74 Å². The van der Waals surface area contributed by atoms with E-state index in [4.69, 9.17) is 15.5 Å². The lowest BCUT2D eigenvalue weighted by Gasteiger charge is -2.20. The summed E-state index contributed by atoms with van der Waals surface area (Å²) in [6.45, 7) is 3.62. The Labute approximate surface area is 119 Å². The van der Waals surface area contributed by atoms with Crippen LogP contribution in [0.25, 0.3) is 0 Å². The zero-order chi connectivity index (χ0) is 13.2. The van der Waals surface area contributed by atoms with Crippen molar-refractivity contribution in [2.75, 3.05) is 6.61 Å². The minimum atomic E-state index is 0.327. The summed E-state index contributed by atoms with van der Waals surface area (Å²) in [6, 6.07) is 2.30. The summed E-state index contributed by atoms with van der Waals surface area (Å²) in [6.07, 6.45) is 6.31. The monoisotopic (exact) mass is 278 g/mol. The topological polar surface area (TPSA) is 48.1 Å². The Bertz CT molecular complexity index is 464. The minimum Gasteiger partial charge on any atom is -0.377 e. The van der Waals surface area contributed by atoms with E-state index in [1.165, 1.54) is 36.1 Å². The second-order valence-corrected chi connectivity index (χ2v) is 6.72. The average molecular weight is 278 g/mol. The van der Waals surface area contributed by atoms with E-state index in [1.54, 1.807) is 0 Å². The minimum absolute atomic E-state index is 0.327. The van der Waals surface area contributed by atoms with Crippen LogP contribution < -0.4 is 5.73 Å². The van der Waals surface area contributed by atoms with Gasteiger partial charge >= 0.3 is 0 Å². The summed E-state index contributed by atoms with van der Waals surface area (Å²) in [4.78, 5) is 4.91. The second kappa shape index (κ2) is 5.81. The predicted molar refractivity (Wildman–Crippen MR) is 78.4 cm³/mol. The van der Waals surface area contributed by atoms with Crippen molar-refractivity contribution in [1.82, 2.24) is 4.98 Å². The van der Waals surface area contributed by atoms with Gasteiger partial charge in [0.15, 0.2) is 0 Å². The number of ether oxygens (including phenoxy) is 1. The third kappa shape index (κ3) is 2.81. The summed E-state index contributed by atoms with van der Waals surface area (Å²) in [5, 5.41) is 1.67. The van der Waals surface area contributed by atoms with Crippen LogP contribution in [0.4, 0.5) is 0 Å². The highest BCUT2D eigenvalue weighted by Crippen LogP contribution is 2.35. The molecule has 0 bridgehead atoms. The van der Waals surface area contributed by atoms with Crippen LogP contribution in [-0.2, 0) is 24.1 Å². The zero-order valence-corrected chi connectivity index (χ0v) is 12.3. The molecule has 2 atom stereocenters. The summed E-state index contributed by atoms with van der Waals surface area (Å²) < 4.78 is 5.64. The SMILES string of the molecule is CC1OCCC1Sc1nc2c(cc1CN)CCCC2. The van der Waals surface area contributed by atoms with Gasteiger partial charge in [0, 0.05) is 24.1 Å². The molecule has 3 rings (SSSR count). The van der Waals surface area contributed by atoms with E-state index in [1.807, 2.05) is 11.8 Å². The molecule has 104 valence electrons. The van der Waals surface area contributed by atoms with Crippen LogP contribution >= 0.6 is 11.8 Å². The lowest BCUT2D eigenvalue weighted by Crippen LogP contribution is -2.16. The van der Waals surface area contributed by atoms with Gasteiger partial charge in [0.25, 0.3) is 0 Å². The normalized spacial score (nSPS) is 26.4. The lowest BCUT2D eigenvalue weighted by molar-refractivity contribution is 0.127. The number of pyridine rings is 1. The first kappa shape index (κ1) is 13.4. The van der Waals surface area contributed by atoms with Crippen LogP contribution in [0.5, 0.6) is 0 Å². The molecule has 2 unspecified atom stereocenters. The van der Waals surface area contributed by atoms with Crippen LogP contribution in [0.2, 0.25) is 0 Å². The lowest BCUT2D eigenvalue weighted by atomic mass is 9.95. The molecule has 1 aliphatic heterocycles. The molecule has 0 spiro atoms. The summed E-state index contributed by atoms with van der Waals surface area (Å²) in [7, 11) is 0. The van der Waals surface area contributed by atoms with Gasteiger partial charge < -0.3 is 10.5 Å². The molecule has 1 saturated heterocycles.